The van der Waals surface area contributed by atoms with Crippen LogP contribution in [-0.4, -0.2) is 23.8 Å². The van der Waals surface area contributed by atoms with E-state index in [9.17, 15) is 5.11 Å². The van der Waals surface area contributed by atoms with Gasteiger partial charge in [-0.2, -0.15) is 0 Å². The Morgan fingerprint density at radius 3 is 2.64 bits per heavy atom. The molecule has 2 nitrogen and oxygen atoms in total. The number of nitrogens with one attached hydrogen (secondary N) is 1. The molecule has 0 amide bonds. The van der Waals surface area contributed by atoms with Gasteiger partial charge in [0, 0.05) is 6.04 Å². The van der Waals surface area contributed by atoms with Gasteiger partial charge < -0.3 is 10.4 Å². The maximum atomic E-state index is 9.93. The minimum absolute atomic E-state index is 0.105. The highest BCUT2D eigenvalue weighted by Crippen LogP contribution is 2.28. The molecule has 2 N–H and O–H groups in total. The lowest BCUT2D eigenvalue weighted by atomic mass is 9.80. The lowest BCUT2D eigenvalue weighted by molar-refractivity contribution is 0.0546. The molecule has 0 aliphatic heterocycles. The Balaban J connectivity index is 2.43. The molecule has 3 atom stereocenters. The summed E-state index contributed by atoms with van der Waals surface area (Å²) in [5.41, 5.74) is 0. The summed E-state index contributed by atoms with van der Waals surface area (Å²) in [6, 6.07) is 0.364. The van der Waals surface area contributed by atoms with Crippen molar-refractivity contribution >= 4 is 0 Å². The van der Waals surface area contributed by atoms with Crippen LogP contribution in [0.3, 0.4) is 0 Å². The Morgan fingerprint density at radius 1 is 1.21 bits per heavy atom. The lowest BCUT2D eigenvalue weighted by Crippen LogP contribution is -2.48. The molecule has 0 spiro atoms. The van der Waals surface area contributed by atoms with Crippen molar-refractivity contribution in [3.8, 4) is 0 Å². The fourth-order valence-electron chi connectivity index (χ4n) is 2.57. The fraction of sp³-hybridized carbons (Fsp3) is 1.00. The van der Waals surface area contributed by atoms with E-state index >= 15 is 0 Å². The Kier molecular flexibility index (Phi) is 5.49. The summed E-state index contributed by atoms with van der Waals surface area (Å²) in [7, 11) is 0. The van der Waals surface area contributed by atoms with E-state index in [1.54, 1.807) is 0 Å². The zero-order chi connectivity index (χ0) is 10.4. The van der Waals surface area contributed by atoms with Crippen molar-refractivity contribution in [3.05, 3.63) is 0 Å². The first-order valence-corrected chi connectivity index (χ1v) is 6.21. The van der Waals surface area contributed by atoms with E-state index in [1.807, 2.05) is 0 Å². The maximum absolute atomic E-state index is 9.93. The molecule has 14 heavy (non-hydrogen) atoms. The van der Waals surface area contributed by atoms with Crippen molar-refractivity contribution in [2.24, 2.45) is 5.92 Å². The van der Waals surface area contributed by atoms with E-state index in [0.717, 1.165) is 19.4 Å². The third kappa shape index (κ3) is 3.25. The van der Waals surface area contributed by atoms with Crippen LogP contribution in [0.2, 0.25) is 0 Å². The summed E-state index contributed by atoms with van der Waals surface area (Å²) in [4.78, 5) is 0. The van der Waals surface area contributed by atoms with Gasteiger partial charge in [0.05, 0.1) is 6.10 Å². The van der Waals surface area contributed by atoms with Gasteiger partial charge >= 0.3 is 0 Å². The topological polar surface area (TPSA) is 32.3 Å². The summed E-state index contributed by atoms with van der Waals surface area (Å²) in [5, 5.41) is 13.4. The van der Waals surface area contributed by atoms with E-state index in [0.29, 0.717) is 12.0 Å². The summed E-state index contributed by atoms with van der Waals surface area (Å²) in [5.74, 6) is 0.704. The van der Waals surface area contributed by atoms with Gasteiger partial charge in [-0.1, -0.05) is 26.7 Å². The van der Waals surface area contributed by atoms with Crippen LogP contribution in [0.5, 0.6) is 0 Å². The van der Waals surface area contributed by atoms with E-state index in [2.05, 4.69) is 19.2 Å². The van der Waals surface area contributed by atoms with Crippen LogP contribution >= 0.6 is 0 Å². The second kappa shape index (κ2) is 6.41. The van der Waals surface area contributed by atoms with Crippen LogP contribution in [0, 0.1) is 5.92 Å². The highest BCUT2D eigenvalue weighted by molar-refractivity contribution is 4.87. The summed E-state index contributed by atoms with van der Waals surface area (Å²) >= 11 is 0. The van der Waals surface area contributed by atoms with E-state index in [4.69, 9.17) is 0 Å². The smallest absolute Gasteiger partial charge is 0.0695 e. The average Bonchev–Trinajstić information content (AvgIpc) is 2.18. The molecule has 1 aliphatic carbocycles. The van der Waals surface area contributed by atoms with Gasteiger partial charge in [0.2, 0.25) is 0 Å². The zero-order valence-electron chi connectivity index (χ0n) is 9.63. The lowest BCUT2D eigenvalue weighted by Gasteiger charge is -2.36. The summed E-state index contributed by atoms with van der Waals surface area (Å²) in [6.45, 7) is 5.46. The molecule has 0 aromatic heterocycles. The van der Waals surface area contributed by atoms with Gasteiger partial charge in [0.1, 0.15) is 0 Å². The third-order valence-electron chi connectivity index (χ3n) is 3.29. The molecular weight excluding hydrogens is 174 g/mol. The van der Waals surface area contributed by atoms with Crippen LogP contribution in [0.4, 0.5) is 0 Å². The monoisotopic (exact) mass is 199 g/mol. The Labute approximate surface area is 88.1 Å². The molecule has 0 bridgehead atoms. The first-order valence-electron chi connectivity index (χ1n) is 6.21. The minimum atomic E-state index is -0.105. The molecule has 0 radical (unpaired) electrons. The van der Waals surface area contributed by atoms with Crippen LogP contribution < -0.4 is 5.32 Å². The Bertz CT molecular complexity index is 147. The minimum Gasteiger partial charge on any atom is -0.391 e. The van der Waals surface area contributed by atoms with Crippen molar-refractivity contribution in [3.63, 3.8) is 0 Å². The first-order chi connectivity index (χ1) is 6.79. The van der Waals surface area contributed by atoms with Crippen LogP contribution in [-0.2, 0) is 0 Å². The number of rotatable bonds is 5. The fourth-order valence-corrected chi connectivity index (χ4v) is 2.57. The molecule has 1 saturated carbocycles. The number of hydrogen-bond acceptors (Lipinski definition) is 2. The largest absolute Gasteiger partial charge is 0.391 e. The molecule has 1 rings (SSSR count). The van der Waals surface area contributed by atoms with Gasteiger partial charge in [0.25, 0.3) is 0 Å². The van der Waals surface area contributed by atoms with E-state index in [-0.39, 0.29) is 6.10 Å². The molecule has 1 aliphatic rings. The second-order valence-electron chi connectivity index (χ2n) is 4.53. The molecular formula is C12H25NO. The number of aliphatic hydroxyl groups excluding tert-OH is 1. The summed E-state index contributed by atoms with van der Waals surface area (Å²) in [6.07, 6.45) is 7.04. The van der Waals surface area contributed by atoms with Gasteiger partial charge in [-0.05, 0) is 38.1 Å². The van der Waals surface area contributed by atoms with Crippen LogP contribution in [0.1, 0.15) is 52.4 Å². The maximum Gasteiger partial charge on any atom is 0.0695 e. The quantitative estimate of drug-likeness (QED) is 0.712. The normalized spacial score (nSPS) is 33.2. The molecule has 84 valence electrons. The second-order valence-corrected chi connectivity index (χ2v) is 4.53. The van der Waals surface area contributed by atoms with Gasteiger partial charge in [-0.25, -0.2) is 0 Å². The highest BCUT2D eigenvalue weighted by Gasteiger charge is 2.30. The highest BCUT2D eigenvalue weighted by atomic mass is 16.3. The predicted molar refractivity (Wildman–Crippen MR) is 60.3 cm³/mol. The van der Waals surface area contributed by atoms with Crippen molar-refractivity contribution in [2.75, 3.05) is 6.54 Å². The Morgan fingerprint density at radius 2 is 2.00 bits per heavy atom. The Hall–Kier alpha value is -0.0800. The molecule has 0 heterocycles. The predicted octanol–water partition coefficient (Wildman–Crippen LogP) is 2.32. The van der Waals surface area contributed by atoms with E-state index in [1.165, 1.54) is 25.7 Å². The molecule has 0 aromatic rings. The van der Waals surface area contributed by atoms with Crippen LogP contribution in [0.15, 0.2) is 0 Å². The van der Waals surface area contributed by atoms with Gasteiger partial charge in [0.15, 0.2) is 0 Å². The van der Waals surface area contributed by atoms with Crippen molar-refractivity contribution < 1.29 is 5.11 Å². The molecule has 1 fully saturated rings. The average molecular weight is 199 g/mol. The molecule has 0 saturated heterocycles. The van der Waals surface area contributed by atoms with Crippen molar-refractivity contribution in [1.29, 1.82) is 0 Å². The number of hydrogen-bond donors (Lipinski definition) is 2. The molecule has 3 unspecified atom stereocenters. The number of aliphatic hydroxyl groups is 1. The zero-order valence-corrected chi connectivity index (χ0v) is 9.63. The van der Waals surface area contributed by atoms with Crippen molar-refractivity contribution in [1.82, 2.24) is 5.32 Å². The third-order valence-corrected chi connectivity index (χ3v) is 3.29. The standard InChI is InChI=1S/C12H25NO/c1-3-6-10-7-5-8-11(14)12(10)13-9-4-2/h10-14H,3-9H2,1-2H3. The van der Waals surface area contributed by atoms with Crippen LogP contribution in [0.25, 0.3) is 0 Å². The van der Waals surface area contributed by atoms with Gasteiger partial charge in [-0.15, -0.1) is 0 Å². The first kappa shape index (κ1) is 12.0. The summed E-state index contributed by atoms with van der Waals surface area (Å²) < 4.78 is 0. The molecule has 0 aromatic carbocycles. The SMILES string of the molecule is CCCNC1C(O)CCCC1CCC. The van der Waals surface area contributed by atoms with Crippen molar-refractivity contribution in [2.45, 2.75) is 64.5 Å². The van der Waals surface area contributed by atoms with Gasteiger partial charge in [-0.3, -0.25) is 0 Å². The van der Waals surface area contributed by atoms with E-state index < -0.39 is 0 Å². The molecule has 2 heteroatoms.